The van der Waals surface area contributed by atoms with Crippen molar-refractivity contribution in [3.63, 3.8) is 0 Å². The smallest absolute Gasteiger partial charge is 0.123 e. The lowest BCUT2D eigenvalue weighted by Crippen LogP contribution is -2.19. The van der Waals surface area contributed by atoms with E-state index in [9.17, 15) is 0 Å². The number of benzene rings is 1. The number of hydrogen-bond donors (Lipinski definition) is 0. The molecule has 2 atom stereocenters. The Balaban J connectivity index is 2.60. The van der Waals surface area contributed by atoms with Gasteiger partial charge >= 0.3 is 0 Å². The number of allylic oxidation sites excluding steroid dienone is 3. The number of rotatable bonds is 7. The Morgan fingerprint density at radius 2 is 1.92 bits per heavy atom. The molecule has 0 saturated carbocycles. The molecule has 24 heavy (non-hydrogen) atoms. The van der Waals surface area contributed by atoms with Crippen LogP contribution in [0.5, 0.6) is 5.75 Å². The van der Waals surface area contributed by atoms with E-state index in [-0.39, 0.29) is 0 Å². The molecule has 0 N–H and O–H groups in total. The third kappa shape index (κ3) is 4.12. The number of methoxy groups -OCH3 is 1. The fourth-order valence-corrected chi connectivity index (χ4v) is 4.11. The standard InChI is InChI=1S/C23H34O/c1-7-9-18-14-19(10-8-2)23(22(15-18)24-6)21-13-17(5)11-12-20(21)16(3)4/h13-15,20-21H,3,7-12H2,1-2,4-6H3. The molecule has 0 aliphatic heterocycles. The first-order valence-electron chi connectivity index (χ1n) is 9.54. The van der Waals surface area contributed by atoms with Gasteiger partial charge in [0.25, 0.3) is 0 Å². The third-order valence-corrected chi connectivity index (χ3v) is 5.28. The zero-order chi connectivity index (χ0) is 17.7. The van der Waals surface area contributed by atoms with Gasteiger partial charge in [0.15, 0.2) is 0 Å². The summed E-state index contributed by atoms with van der Waals surface area (Å²) in [6.45, 7) is 13.2. The van der Waals surface area contributed by atoms with Crippen LogP contribution in [0, 0.1) is 5.92 Å². The second-order valence-corrected chi connectivity index (χ2v) is 7.40. The Morgan fingerprint density at radius 1 is 1.21 bits per heavy atom. The molecule has 0 amide bonds. The van der Waals surface area contributed by atoms with Crippen molar-refractivity contribution in [3.8, 4) is 5.75 Å². The van der Waals surface area contributed by atoms with Crippen molar-refractivity contribution >= 4 is 0 Å². The summed E-state index contributed by atoms with van der Waals surface area (Å²) in [6.07, 6.45) is 9.44. The maximum atomic E-state index is 5.88. The van der Waals surface area contributed by atoms with Crippen molar-refractivity contribution in [3.05, 3.63) is 52.6 Å². The molecular formula is C23H34O. The van der Waals surface area contributed by atoms with E-state index in [1.165, 1.54) is 53.5 Å². The Kier molecular flexibility index (Phi) is 6.71. The van der Waals surface area contributed by atoms with Gasteiger partial charge in [-0.05, 0) is 62.6 Å². The minimum absolute atomic E-state index is 0.406. The van der Waals surface area contributed by atoms with Crippen LogP contribution in [-0.2, 0) is 12.8 Å². The molecule has 1 heteroatoms. The first kappa shape index (κ1) is 18.8. The lowest BCUT2D eigenvalue weighted by molar-refractivity contribution is 0.394. The van der Waals surface area contributed by atoms with Gasteiger partial charge in [-0.2, -0.15) is 0 Å². The van der Waals surface area contributed by atoms with Crippen LogP contribution in [0.15, 0.2) is 35.9 Å². The number of aryl methyl sites for hydroxylation is 2. The highest BCUT2D eigenvalue weighted by Gasteiger charge is 2.29. The largest absolute Gasteiger partial charge is 0.496 e. The lowest BCUT2D eigenvalue weighted by Gasteiger charge is -2.33. The van der Waals surface area contributed by atoms with E-state index >= 15 is 0 Å². The zero-order valence-electron chi connectivity index (χ0n) is 16.2. The van der Waals surface area contributed by atoms with E-state index in [1.807, 2.05) is 7.11 Å². The first-order valence-corrected chi connectivity index (χ1v) is 9.54. The summed E-state index contributed by atoms with van der Waals surface area (Å²) in [7, 11) is 1.82. The summed E-state index contributed by atoms with van der Waals surface area (Å²) in [6, 6.07) is 4.70. The van der Waals surface area contributed by atoms with Crippen LogP contribution in [-0.4, -0.2) is 7.11 Å². The predicted octanol–water partition coefficient (Wildman–Crippen LogP) is 6.62. The normalized spacial score (nSPS) is 20.6. The van der Waals surface area contributed by atoms with E-state index in [0.717, 1.165) is 18.6 Å². The van der Waals surface area contributed by atoms with Crippen LogP contribution in [0.1, 0.15) is 76.0 Å². The summed E-state index contributed by atoms with van der Waals surface area (Å²) in [5.41, 5.74) is 7.09. The van der Waals surface area contributed by atoms with E-state index in [4.69, 9.17) is 4.74 Å². The SMILES string of the molecule is C=C(C)C1CCC(C)=CC1c1c(CCC)cc(CCC)cc1OC. The van der Waals surface area contributed by atoms with Crippen molar-refractivity contribution in [2.24, 2.45) is 5.92 Å². The quantitative estimate of drug-likeness (QED) is 0.512. The molecule has 1 aliphatic carbocycles. The van der Waals surface area contributed by atoms with Crippen molar-refractivity contribution in [2.75, 3.05) is 7.11 Å². The van der Waals surface area contributed by atoms with Gasteiger partial charge in [-0.1, -0.05) is 56.6 Å². The minimum atomic E-state index is 0.406. The summed E-state index contributed by atoms with van der Waals surface area (Å²) in [4.78, 5) is 0. The van der Waals surface area contributed by atoms with E-state index in [0.29, 0.717) is 11.8 Å². The molecule has 1 aromatic rings. The summed E-state index contributed by atoms with van der Waals surface area (Å²) in [5, 5.41) is 0. The highest BCUT2D eigenvalue weighted by Crippen LogP contribution is 2.45. The van der Waals surface area contributed by atoms with Crippen LogP contribution < -0.4 is 4.74 Å². The molecular weight excluding hydrogens is 292 g/mol. The van der Waals surface area contributed by atoms with Crippen molar-refractivity contribution in [1.29, 1.82) is 0 Å². The average Bonchev–Trinajstić information content (AvgIpc) is 2.54. The Labute approximate surface area is 148 Å². The van der Waals surface area contributed by atoms with Crippen molar-refractivity contribution in [1.82, 2.24) is 0 Å². The molecule has 1 aliphatic rings. The second kappa shape index (κ2) is 8.55. The van der Waals surface area contributed by atoms with Crippen LogP contribution in [0.3, 0.4) is 0 Å². The molecule has 0 heterocycles. The highest BCUT2D eigenvalue weighted by molar-refractivity contribution is 5.49. The molecule has 0 spiro atoms. The number of ether oxygens (including phenoxy) is 1. The van der Waals surface area contributed by atoms with Crippen LogP contribution >= 0.6 is 0 Å². The van der Waals surface area contributed by atoms with E-state index in [2.05, 4.69) is 52.5 Å². The first-order chi connectivity index (χ1) is 11.5. The molecule has 2 unspecified atom stereocenters. The van der Waals surface area contributed by atoms with Gasteiger partial charge in [-0.15, -0.1) is 0 Å². The maximum absolute atomic E-state index is 5.88. The Morgan fingerprint density at radius 3 is 2.50 bits per heavy atom. The van der Waals surface area contributed by atoms with Crippen LogP contribution in [0.4, 0.5) is 0 Å². The molecule has 0 aromatic heterocycles. The minimum Gasteiger partial charge on any atom is -0.496 e. The maximum Gasteiger partial charge on any atom is 0.123 e. The van der Waals surface area contributed by atoms with Crippen molar-refractivity contribution < 1.29 is 4.74 Å². The van der Waals surface area contributed by atoms with Gasteiger partial charge in [0, 0.05) is 11.5 Å². The molecule has 0 radical (unpaired) electrons. The van der Waals surface area contributed by atoms with Gasteiger partial charge in [0.05, 0.1) is 7.11 Å². The molecule has 132 valence electrons. The Hall–Kier alpha value is -1.50. The van der Waals surface area contributed by atoms with Gasteiger partial charge in [-0.3, -0.25) is 0 Å². The summed E-state index contributed by atoms with van der Waals surface area (Å²) >= 11 is 0. The lowest BCUT2D eigenvalue weighted by atomic mass is 9.72. The fraction of sp³-hybridized carbons (Fsp3) is 0.565. The summed E-state index contributed by atoms with van der Waals surface area (Å²) in [5.74, 6) is 2.00. The van der Waals surface area contributed by atoms with Crippen molar-refractivity contribution in [2.45, 2.75) is 72.1 Å². The third-order valence-electron chi connectivity index (χ3n) is 5.28. The fourth-order valence-electron chi connectivity index (χ4n) is 4.11. The molecule has 0 bridgehead atoms. The van der Waals surface area contributed by atoms with E-state index < -0.39 is 0 Å². The van der Waals surface area contributed by atoms with Gasteiger partial charge in [-0.25, -0.2) is 0 Å². The zero-order valence-corrected chi connectivity index (χ0v) is 16.2. The number of hydrogen-bond acceptors (Lipinski definition) is 1. The van der Waals surface area contributed by atoms with Gasteiger partial charge in [0.2, 0.25) is 0 Å². The van der Waals surface area contributed by atoms with Gasteiger partial charge < -0.3 is 4.74 Å². The molecule has 1 aromatic carbocycles. The molecule has 0 saturated heterocycles. The van der Waals surface area contributed by atoms with Gasteiger partial charge in [0.1, 0.15) is 5.75 Å². The predicted molar refractivity (Wildman–Crippen MR) is 105 cm³/mol. The summed E-state index contributed by atoms with van der Waals surface area (Å²) < 4.78 is 5.88. The highest BCUT2D eigenvalue weighted by atomic mass is 16.5. The second-order valence-electron chi connectivity index (χ2n) is 7.40. The molecule has 2 rings (SSSR count). The average molecular weight is 327 g/mol. The topological polar surface area (TPSA) is 9.23 Å². The molecule has 0 fully saturated rings. The Bertz CT molecular complexity index is 609. The monoisotopic (exact) mass is 326 g/mol. The van der Waals surface area contributed by atoms with E-state index in [1.54, 1.807) is 0 Å². The molecule has 1 nitrogen and oxygen atoms in total. The van der Waals surface area contributed by atoms with Crippen LogP contribution in [0.25, 0.3) is 0 Å². The van der Waals surface area contributed by atoms with Crippen LogP contribution in [0.2, 0.25) is 0 Å².